The summed E-state index contributed by atoms with van der Waals surface area (Å²) in [6.07, 6.45) is 6.22. The van der Waals surface area contributed by atoms with Gasteiger partial charge in [-0.05, 0) is 37.0 Å². The predicted octanol–water partition coefficient (Wildman–Crippen LogP) is 3.27. The van der Waals surface area contributed by atoms with Crippen LogP contribution in [-0.4, -0.2) is 43.3 Å². The van der Waals surface area contributed by atoms with Crippen LogP contribution in [0.2, 0.25) is 0 Å². The van der Waals surface area contributed by atoms with Gasteiger partial charge in [-0.1, -0.05) is 33.6 Å². The number of rotatable bonds is 4. The first-order valence-corrected chi connectivity index (χ1v) is 8.68. The summed E-state index contributed by atoms with van der Waals surface area (Å²) in [5.74, 6) is 2.08. The van der Waals surface area contributed by atoms with Crippen molar-refractivity contribution in [2.45, 2.75) is 58.9 Å². The van der Waals surface area contributed by atoms with Crippen LogP contribution in [0.5, 0.6) is 0 Å². The molecule has 1 saturated heterocycles. The minimum atomic E-state index is 0.113. The third-order valence-corrected chi connectivity index (χ3v) is 4.82. The molecule has 1 saturated carbocycles. The van der Waals surface area contributed by atoms with Crippen LogP contribution in [0.25, 0.3) is 0 Å². The van der Waals surface area contributed by atoms with Crippen molar-refractivity contribution in [1.29, 1.82) is 0 Å². The first-order valence-electron chi connectivity index (χ1n) is 8.68. The number of nitrogens with one attached hydrogen (secondary N) is 1. The Bertz CT molecular complexity index is 333. The maximum absolute atomic E-state index is 12.5. The molecule has 3 atom stereocenters. The zero-order chi connectivity index (χ0) is 15.2. The molecule has 2 rings (SSSR count). The summed E-state index contributed by atoms with van der Waals surface area (Å²) in [6, 6.07) is 0.353. The van der Waals surface area contributed by atoms with Gasteiger partial charge in [0.25, 0.3) is 0 Å². The Balaban J connectivity index is 1.80. The molecule has 1 N–H and O–H groups in total. The summed E-state index contributed by atoms with van der Waals surface area (Å²) >= 11 is 0. The molecule has 2 aliphatic rings. The summed E-state index contributed by atoms with van der Waals surface area (Å²) in [6.45, 7) is 9.66. The van der Waals surface area contributed by atoms with Crippen LogP contribution in [0, 0.1) is 17.8 Å². The highest BCUT2D eigenvalue weighted by Gasteiger charge is 2.28. The molecule has 0 radical (unpaired) electrons. The van der Waals surface area contributed by atoms with E-state index >= 15 is 0 Å². The molecular formula is C17H32N2O2. The Labute approximate surface area is 129 Å². The molecule has 1 aliphatic heterocycles. The molecular weight excluding hydrogens is 264 g/mol. The average molecular weight is 296 g/mol. The summed E-state index contributed by atoms with van der Waals surface area (Å²) in [4.78, 5) is 14.5. The van der Waals surface area contributed by atoms with E-state index < -0.39 is 0 Å². The van der Waals surface area contributed by atoms with Crippen molar-refractivity contribution in [3.05, 3.63) is 0 Å². The number of hydrogen-bond acceptors (Lipinski definition) is 2. The Hall–Kier alpha value is -0.770. The fraction of sp³-hybridized carbons (Fsp3) is 0.941. The molecule has 2 fully saturated rings. The molecule has 122 valence electrons. The molecule has 3 unspecified atom stereocenters. The number of amides is 2. The third kappa shape index (κ3) is 5.17. The highest BCUT2D eigenvalue weighted by atomic mass is 16.5. The maximum atomic E-state index is 12.5. The zero-order valence-corrected chi connectivity index (χ0v) is 13.9. The van der Waals surface area contributed by atoms with Crippen molar-refractivity contribution < 1.29 is 9.53 Å². The molecule has 1 aliphatic carbocycles. The lowest BCUT2D eigenvalue weighted by molar-refractivity contribution is 0.00530. The molecule has 4 heteroatoms. The van der Waals surface area contributed by atoms with Crippen LogP contribution in [0.4, 0.5) is 4.79 Å². The standard InChI is InChI=1S/C17H32N2O2/c1-13(2)9-16-12-21-8-7-19(16)17(20)18-11-15-6-4-5-14(3)10-15/h13-16H,4-12H2,1-3H3,(H,18,20). The van der Waals surface area contributed by atoms with Gasteiger partial charge >= 0.3 is 6.03 Å². The van der Waals surface area contributed by atoms with E-state index in [1.807, 2.05) is 4.90 Å². The first kappa shape index (κ1) is 16.6. The number of carbonyl (C=O) groups is 1. The van der Waals surface area contributed by atoms with Crippen LogP contribution < -0.4 is 5.32 Å². The van der Waals surface area contributed by atoms with Gasteiger partial charge in [0.2, 0.25) is 0 Å². The van der Waals surface area contributed by atoms with E-state index in [2.05, 4.69) is 26.1 Å². The lowest BCUT2D eigenvalue weighted by Crippen LogP contribution is -2.53. The lowest BCUT2D eigenvalue weighted by atomic mass is 9.82. The summed E-state index contributed by atoms with van der Waals surface area (Å²) < 4.78 is 5.55. The van der Waals surface area contributed by atoms with Gasteiger partial charge in [-0.15, -0.1) is 0 Å². The Morgan fingerprint density at radius 1 is 1.38 bits per heavy atom. The summed E-state index contributed by atoms with van der Waals surface area (Å²) in [5, 5.41) is 3.18. The van der Waals surface area contributed by atoms with Gasteiger partial charge in [-0.2, -0.15) is 0 Å². The van der Waals surface area contributed by atoms with Crippen LogP contribution in [-0.2, 0) is 4.74 Å². The van der Waals surface area contributed by atoms with Crippen molar-refractivity contribution in [3.8, 4) is 0 Å². The van der Waals surface area contributed by atoms with Gasteiger partial charge < -0.3 is 15.0 Å². The molecule has 0 aromatic rings. The third-order valence-electron chi connectivity index (χ3n) is 4.82. The van der Waals surface area contributed by atoms with Gasteiger partial charge in [0.1, 0.15) is 0 Å². The predicted molar refractivity (Wildman–Crippen MR) is 85.3 cm³/mol. The molecule has 0 aromatic carbocycles. The molecule has 21 heavy (non-hydrogen) atoms. The minimum absolute atomic E-state index is 0.113. The number of carbonyl (C=O) groups excluding carboxylic acids is 1. The van der Waals surface area contributed by atoms with Gasteiger partial charge in [-0.3, -0.25) is 0 Å². The van der Waals surface area contributed by atoms with Crippen molar-refractivity contribution in [2.24, 2.45) is 17.8 Å². The van der Waals surface area contributed by atoms with E-state index in [1.54, 1.807) is 0 Å². The number of hydrogen-bond donors (Lipinski definition) is 1. The number of morpholine rings is 1. The van der Waals surface area contributed by atoms with E-state index in [0.717, 1.165) is 25.4 Å². The molecule has 0 spiro atoms. The van der Waals surface area contributed by atoms with Gasteiger partial charge in [0.05, 0.1) is 19.3 Å². The van der Waals surface area contributed by atoms with Crippen molar-refractivity contribution >= 4 is 6.03 Å². The second-order valence-corrected chi connectivity index (χ2v) is 7.38. The monoisotopic (exact) mass is 296 g/mol. The largest absolute Gasteiger partial charge is 0.377 e. The van der Waals surface area contributed by atoms with Crippen LogP contribution >= 0.6 is 0 Å². The Morgan fingerprint density at radius 3 is 2.90 bits per heavy atom. The van der Waals surface area contributed by atoms with Crippen LogP contribution in [0.15, 0.2) is 0 Å². The topological polar surface area (TPSA) is 41.6 Å². The summed E-state index contributed by atoms with van der Waals surface area (Å²) in [5.41, 5.74) is 0. The van der Waals surface area contributed by atoms with Gasteiger partial charge in [-0.25, -0.2) is 4.79 Å². The first-order chi connectivity index (χ1) is 10.1. The number of ether oxygens (including phenoxy) is 1. The lowest BCUT2D eigenvalue weighted by Gasteiger charge is -2.37. The normalized spacial score (nSPS) is 30.5. The highest BCUT2D eigenvalue weighted by Crippen LogP contribution is 2.28. The molecule has 0 aromatic heterocycles. The smallest absolute Gasteiger partial charge is 0.317 e. The highest BCUT2D eigenvalue weighted by molar-refractivity contribution is 5.74. The Kier molecular flexibility index (Phi) is 6.34. The molecule has 1 heterocycles. The fourth-order valence-electron chi connectivity index (χ4n) is 3.74. The zero-order valence-electron chi connectivity index (χ0n) is 13.9. The quantitative estimate of drug-likeness (QED) is 0.865. The average Bonchev–Trinajstić information content (AvgIpc) is 2.45. The Morgan fingerprint density at radius 2 is 2.19 bits per heavy atom. The molecule has 4 nitrogen and oxygen atoms in total. The van der Waals surface area contributed by atoms with Crippen molar-refractivity contribution in [2.75, 3.05) is 26.3 Å². The minimum Gasteiger partial charge on any atom is -0.377 e. The molecule has 0 bridgehead atoms. The van der Waals surface area contributed by atoms with E-state index in [1.165, 1.54) is 25.7 Å². The van der Waals surface area contributed by atoms with Gasteiger partial charge in [0.15, 0.2) is 0 Å². The van der Waals surface area contributed by atoms with E-state index in [-0.39, 0.29) is 12.1 Å². The van der Waals surface area contributed by atoms with E-state index in [4.69, 9.17) is 4.74 Å². The SMILES string of the molecule is CC(C)CC1COCCN1C(=O)NCC1CCCC(C)C1. The van der Waals surface area contributed by atoms with E-state index in [9.17, 15) is 4.79 Å². The van der Waals surface area contributed by atoms with E-state index in [0.29, 0.717) is 25.0 Å². The fourth-order valence-corrected chi connectivity index (χ4v) is 3.74. The van der Waals surface area contributed by atoms with Crippen molar-refractivity contribution in [1.82, 2.24) is 10.2 Å². The number of urea groups is 1. The van der Waals surface area contributed by atoms with Crippen molar-refractivity contribution in [3.63, 3.8) is 0 Å². The molecule has 2 amide bonds. The second-order valence-electron chi connectivity index (χ2n) is 7.38. The number of nitrogens with zero attached hydrogens (tertiary/aromatic N) is 1. The summed E-state index contributed by atoms with van der Waals surface area (Å²) in [7, 11) is 0. The van der Waals surface area contributed by atoms with Gasteiger partial charge in [0, 0.05) is 13.1 Å². The second kappa shape index (κ2) is 8.02. The van der Waals surface area contributed by atoms with Crippen LogP contribution in [0.3, 0.4) is 0 Å². The van der Waals surface area contributed by atoms with Crippen LogP contribution in [0.1, 0.15) is 52.9 Å². The maximum Gasteiger partial charge on any atom is 0.317 e.